The fourth-order valence-electron chi connectivity index (χ4n) is 2.77. The molecule has 4 nitrogen and oxygen atoms in total. The van der Waals surface area contributed by atoms with Gasteiger partial charge < -0.3 is 10.2 Å². The number of nitrogens with zero attached hydrogens (tertiary/aromatic N) is 2. The third-order valence-electron chi connectivity index (χ3n) is 4.44. The molecule has 0 aromatic carbocycles. The molecule has 0 radical (unpaired) electrons. The summed E-state index contributed by atoms with van der Waals surface area (Å²) in [6.45, 7) is 5.91. The van der Waals surface area contributed by atoms with Gasteiger partial charge in [0.1, 0.15) is 0 Å². The molecule has 1 saturated carbocycles. The lowest BCUT2D eigenvalue weighted by atomic mass is 9.78. The van der Waals surface area contributed by atoms with Gasteiger partial charge in [0.15, 0.2) is 0 Å². The van der Waals surface area contributed by atoms with Crippen molar-refractivity contribution in [2.75, 3.05) is 20.1 Å². The third-order valence-corrected chi connectivity index (χ3v) is 4.44. The standard InChI is InChI=1S/C15H27N3O/c1-12-6-4-7-14(13(12)2)17-10-8-15(19)18(3)11-5-9-16/h12-14,17H,4-8,10-11H2,1-3H3/t12-,13-,14-/m1/s1. The Kier molecular flexibility index (Phi) is 6.86. The number of amides is 1. The minimum absolute atomic E-state index is 0.124. The van der Waals surface area contributed by atoms with Crippen LogP contribution in [0.4, 0.5) is 0 Å². The highest BCUT2D eigenvalue weighted by Gasteiger charge is 2.26. The van der Waals surface area contributed by atoms with Gasteiger partial charge in [-0.3, -0.25) is 4.79 Å². The van der Waals surface area contributed by atoms with Crippen LogP contribution in [0.3, 0.4) is 0 Å². The van der Waals surface area contributed by atoms with E-state index in [9.17, 15) is 4.79 Å². The van der Waals surface area contributed by atoms with Crippen molar-refractivity contribution < 1.29 is 4.79 Å². The summed E-state index contributed by atoms with van der Waals surface area (Å²) in [7, 11) is 1.77. The summed E-state index contributed by atoms with van der Waals surface area (Å²) in [5.41, 5.74) is 0. The molecule has 0 heterocycles. The maximum absolute atomic E-state index is 11.8. The predicted molar refractivity (Wildman–Crippen MR) is 76.5 cm³/mol. The van der Waals surface area contributed by atoms with Crippen LogP contribution in [-0.2, 0) is 4.79 Å². The number of hydrogen-bond acceptors (Lipinski definition) is 3. The molecule has 1 aliphatic carbocycles. The number of rotatable bonds is 6. The molecule has 0 unspecified atom stereocenters. The van der Waals surface area contributed by atoms with Gasteiger partial charge >= 0.3 is 0 Å². The maximum atomic E-state index is 11.8. The topological polar surface area (TPSA) is 56.1 Å². The molecule has 1 rings (SSSR count). The van der Waals surface area contributed by atoms with Crippen LogP contribution in [0.15, 0.2) is 0 Å². The fraction of sp³-hybridized carbons (Fsp3) is 0.867. The average Bonchev–Trinajstić information content (AvgIpc) is 2.40. The Labute approximate surface area is 117 Å². The monoisotopic (exact) mass is 265 g/mol. The van der Waals surface area contributed by atoms with Crippen molar-refractivity contribution in [1.82, 2.24) is 10.2 Å². The van der Waals surface area contributed by atoms with Crippen LogP contribution >= 0.6 is 0 Å². The molecule has 3 atom stereocenters. The molecule has 0 aromatic rings. The number of nitrogens with one attached hydrogen (secondary N) is 1. The van der Waals surface area contributed by atoms with Crippen LogP contribution in [0.1, 0.15) is 46.0 Å². The van der Waals surface area contributed by atoms with Crippen LogP contribution < -0.4 is 5.32 Å². The second kappa shape index (κ2) is 8.16. The van der Waals surface area contributed by atoms with Gasteiger partial charge in [-0.15, -0.1) is 0 Å². The molecule has 0 saturated heterocycles. The molecule has 1 aliphatic rings. The Bertz CT molecular complexity index is 324. The third kappa shape index (κ3) is 5.20. The van der Waals surface area contributed by atoms with E-state index in [1.165, 1.54) is 19.3 Å². The molecule has 4 heteroatoms. The molecule has 0 aliphatic heterocycles. The molecular weight excluding hydrogens is 238 g/mol. The zero-order chi connectivity index (χ0) is 14.3. The predicted octanol–water partition coefficient (Wildman–Crippen LogP) is 2.16. The van der Waals surface area contributed by atoms with Crippen LogP contribution in [0.2, 0.25) is 0 Å². The molecule has 19 heavy (non-hydrogen) atoms. The molecule has 1 amide bonds. The quantitative estimate of drug-likeness (QED) is 0.800. The second-order valence-electron chi connectivity index (χ2n) is 5.80. The summed E-state index contributed by atoms with van der Waals surface area (Å²) in [6, 6.07) is 2.62. The highest BCUT2D eigenvalue weighted by molar-refractivity contribution is 5.76. The highest BCUT2D eigenvalue weighted by Crippen LogP contribution is 2.29. The average molecular weight is 265 g/mol. The van der Waals surface area contributed by atoms with Crippen LogP contribution in [0, 0.1) is 23.2 Å². The maximum Gasteiger partial charge on any atom is 0.223 e. The molecule has 0 bridgehead atoms. The van der Waals surface area contributed by atoms with Crippen molar-refractivity contribution in [3.05, 3.63) is 0 Å². The molecule has 108 valence electrons. The highest BCUT2D eigenvalue weighted by atomic mass is 16.2. The minimum Gasteiger partial charge on any atom is -0.345 e. The van der Waals surface area contributed by atoms with E-state index in [0.29, 0.717) is 31.3 Å². The zero-order valence-corrected chi connectivity index (χ0v) is 12.5. The van der Waals surface area contributed by atoms with Gasteiger partial charge in [-0.05, 0) is 18.3 Å². The number of carbonyl (C=O) groups is 1. The molecule has 0 spiro atoms. The number of hydrogen-bond donors (Lipinski definition) is 1. The largest absolute Gasteiger partial charge is 0.345 e. The van der Waals surface area contributed by atoms with Crippen molar-refractivity contribution in [1.29, 1.82) is 5.26 Å². The van der Waals surface area contributed by atoms with Crippen molar-refractivity contribution in [2.45, 2.75) is 52.0 Å². The Morgan fingerprint density at radius 2 is 2.16 bits per heavy atom. The zero-order valence-electron chi connectivity index (χ0n) is 12.5. The van der Waals surface area contributed by atoms with Crippen molar-refractivity contribution in [3.8, 4) is 6.07 Å². The Hall–Kier alpha value is -1.08. The fourth-order valence-corrected chi connectivity index (χ4v) is 2.77. The second-order valence-corrected chi connectivity index (χ2v) is 5.80. The van der Waals surface area contributed by atoms with Gasteiger partial charge in [-0.1, -0.05) is 26.7 Å². The van der Waals surface area contributed by atoms with Crippen molar-refractivity contribution in [2.24, 2.45) is 11.8 Å². The summed E-state index contributed by atoms with van der Waals surface area (Å²) in [5.74, 6) is 1.60. The summed E-state index contributed by atoms with van der Waals surface area (Å²) >= 11 is 0. The first-order chi connectivity index (χ1) is 9.06. The summed E-state index contributed by atoms with van der Waals surface area (Å²) in [5, 5.41) is 12.0. The van der Waals surface area contributed by atoms with Crippen LogP contribution in [-0.4, -0.2) is 37.0 Å². The van der Waals surface area contributed by atoms with Crippen LogP contribution in [0.25, 0.3) is 0 Å². The van der Waals surface area contributed by atoms with Gasteiger partial charge in [-0.25, -0.2) is 0 Å². The SMILES string of the molecule is C[C@@H]1[C@H](C)CCC[C@H]1NCCC(=O)N(C)CCC#N. The smallest absolute Gasteiger partial charge is 0.223 e. The van der Waals surface area contributed by atoms with Crippen molar-refractivity contribution in [3.63, 3.8) is 0 Å². The Morgan fingerprint density at radius 3 is 2.84 bits per heavy atom. The number of nitriles is 1. The van der Waals surface area contributed by atoms with E-state index in [-0.39, 0.29) is 5.91 Å². The van der Waals surface area contributed by atoms with E-state index in [1.807, 2.05) is 0 Å². The molecule has 0 aromatic heterocycles. The molecular formula is C15H27N3O. The van der Waals surface area contributed by atoms with E-state index < -0.39 is 0 Å². The van der Waals surface area contributed by atoms with Gasteiger partial charge in [0, 0.05) is 32.6 Å². The first-order valence-electron chi connectivity index (χ1n) is 7.40. The summed E-state index contributed by atoms with van der Waals surface area (Å²) in [4.78, 5) is 13.5. The lowest BCUT2D eigenvalue weighted by Gasteiger charge is -2.34. The lowest BCUT2D eigenvalue weighted by Crippen LogP contribution is -2.42. The van der Waals surface area contributed by atoms with Crippen molar-refractivity contribution >= 4 is 5.91 Å². The first-order valence-corrected chi connectivity index (χ1v) is 7.40. The van der Waals surface area contributed by atoms with Gasteiger partial charge in [0.2, 0.25) is 5.91 Å². The van der Waals surface area contributed by atoms with E-state index >= 15 is 0 Å². The Morgan fingerprint density at radius 1 is 1.42 bits per heavy atom. The molecule has 1 fully saturated rings. The number of carbonyl (C=O) groups excluding carboxylic acids is 1. The van der Waals surface area contributed by atoms with E-state index in [2.05, 4.69) is 25.2 Å². The lowest BCUT2D eigenvalue weighted by molar-refractivity contribution is -0.129. The van der Waals surface area contributed by atoms with E-state index in [4.69, 9.17) is 5.26 Å². The minimum atomic E-state index is 0.124. The normalized spacial score (nSPS) is 26.7. The Balaban J connectivity index is 2.22. The van der Waals surface area contributed by atoms with E-state index in [1.54, 1.807) is 11.9 Å². The first kappa shape index (κ1) is 16.0. The molecule has 1 N–H and O–H groups in total. The van der Waals surface area contributed by atoms with E-state index in [0.717, 1.165) is 12.5 Å². The summed E-state index contributed by atoms with van der Waals surface area (Å²) in [6.07, 6.45) is 4.78. The summed E-state index contributed by atoms with van der Waals surface area (Å²) < 4.78 is 0. The van der Waals surface area contributed by atoms with Gasteiger partial charge in [0.25, 0.3) is 0 Å². The van der Waals surface area contributed by atoms with Crippen LogP contribution in [0.5, 0.6) is 0 Å². The van der Waals surface area contributed by atoms with Gasteiger partial charge in [0.05, 0.1) is 12.5 Å². The van der Waals surface area contributed by atoms with Gasteiger partial charge in [-0.2, -0.15) is 5.26 Å².